The SMILES string of the molecule is CN(C)CC(=O)N1CCO[C@H](CNc2c([N+](=O)[O-])cccc2S(N)(=O)=O)C1. The lowest BCUT2D eigenvalue weighted by Gasteiger charge is -2.33. The van der Waals surface area contributed by atoms with Gasteiger partial charge < -0.3 is 19.9 Å². The van der Waals surface area contributed by atoms with Crippen LogP contribution < -0.4 is 10.5 Å². The van der Waals surface area contributed by atoms with Crippen LogP contribution in [0.1, 0.15) is 0 Å². The molecule has 1 amide bonds. The fourth-order valence-corrected chi connectivity index (χ4v) is 3.47. The fourth-order valence-electron chi connectivity index (χ4n) is 2.74. The molecule has 0 bridgehead atoms. The van der Waals surface area contributed by atoms with Crippen molar-refractivity contribution in [3.05, 3.63) is 28.3 Å². The third-order valence-electron chi connectivity index (χ3n) is 3.96. The largest absolute Gasteiger partial charge is 0.376 e. The van der Waals surface area contributed by atoms with Crippen LogP contribution in [0.5, 0.6) is 0 Å². The molecule has 11 nitrogen and oxygen atoms in total. The summed E-state index contributed by atoms with van der Waals surface area (Å²) in [6.07, 6.45) is -0.446. The van der Waals surface area contributed by atoms with Gasteiger partial charge in [-0.25, -0.2) is 13.6 Å². The molecule has 1 aliphatic heterocycles. The Bertz CT molecular complexity index is 813. The topological polar surface area (TPSA) is 148 Å². The quantitative estimate of drug-likeness (QED) is 0.456. The number of benzene rings is 1. The molecule has 0 aliphatic carbocycles. The molecule has 12 heteroatoms. The highest BCUT2D eigenvalue weighted by atomic mass is 32.2. The molecule has 1 fully saturated rings. The maximum Gasteiger partial charge on any atom is 0.293 e. The molecule has 2 rings (SSSR count). The normalized spacial score (nSPS) is 17.8. The number of sulfonamides is 1. The van der Waals surface area contributed by atoms with Gasteiger partial charge in [0.05, 0.1) is 24.2 Å². The van der Waals surface area contributed by atoms with Crippen LogP contribution in [-0.2, 0) is 19.6 Å². The minimum atomic E-state index is -4.16. The number of nitrogens with one attached hydrogen (secondary N) is 1. The first-order chi connectivity index (χ1) is 12.6. The van der Waals surface area contributed by atoms with E-state index in [-0.39, 0.29) is 29.6 Å². The van der Waals surface area contributed by atoms with Gasteiger partial charge in [0.15, 0.2) is 0 Å². The average Bonchev–Trinajstić information content (AvgIpc) is 2.58. The fraction of sp³-hybridized carbons (Fsp3) is 0.533. The highest BCUT2D eigenvalue weighted by Crippen LogP contribution is 2.31. The number of carbonyl (C=O) groups is 1. The van der Waals surface area contributed by atoms with Gasteiger partial charge in [-0.2, -0.15) is 0 Å². The number of rotatable bonds is 7. The van der Waals surface area contributed by atoms with Crippen molar-refractivity contribution in [3.8, 4) is 0 Å². The smallest absolute Gasteiger partial charge is 0.293 e. The molecule has 1 heterocycles. The molecule has 1 atom stereocenters. The molecular formula is C15H23N5O6S. The zero-order valence-electron chi connectivity index (χ0n) is 15.1. The lowest BCUT2D eigenvalue weighted by molar-refractivity contribution is -0.384. The summed E-state index contributed by atoms with van der Waals surface area (Å²) in [6.45, 7) is 1.42. The predicted molar refractivity (Wildman–Crippen MR) is 97.8 cm³/mol. The Hall–Kier alpha value is -2.28. The summed E-state index contributed by atoms with van der Waals surface area (Å²) in [5.74, 6) is -0.0517. The number of anilines is 1. The Morgan fingerprint density at radius 1 is 1.48 bits per heavy atom. The summed E-state index contributed by atoms with van der Waals surface area (Å²) in [7, 11) is -0.573. The van der Waals surface area contributed by atoms with Gasteiger partial charge >= 0.3 is 0 Å². The predicted octanol–water partition coefficient (Wildman–Crippen LogP) is -0.557. The Balaban J connectivity index is 2.14. The third-order valence-corrected chi connectivity index (χ3v) is 4.91. The van der Waals surface area contributed by atoms with Crippen LogP contribution in [0.25, 0.3) is 0 Å². The van der Waals surface area contributed by atoms with Crippen molar-refractivity contribution in [2.45, 2.75) is 11.0 Å². The molecule has 0 radical (unpaired) electrons. The summed E-state index contributed by atoms with van der Waals surface area (Å²) < 4.78 is 29.1. The first-order valence-corrected chi connectivity index (χ1v) is 9.72. The highest BCUT2D eigenvalue weighted by Gasteiger charge is 2.27. The summed E-state index contributed by atoms with van der Waals surface area (Å²) >= 11 is 0. The molecule has 3 N–H and O–H groups in total. The Labute approximate surface area is 157 Å². The number of hydrogen-bond donors (Lipinski definition) is 2. The van der Waals surface area contributed by atoms with E-state index < -0.39 is 26.7 Å². The number of hydrogen-bond acceptors (Lipinski definition) is 8. The van der Waals surface area contributed by atoms with Crippen LogP contribution in [0.2, 0.25) is 0 Å². The number of nitro groups is 1. The van der Waals surface area contributed by atoms with Crippen LogP contribution in [0.15, 0.2) is 23.1 Å². The maximum atomic E-state index is 12.2. The molecule has 0 spiro atoms. The molecule has 150 valence electrons. The Morgan fingerprint density at radius 2 is 2.19 bits per heavy atom. The van der Waals surface area contributed by atoms with E-state index in [4.69, 9.17) is 9.88 Å². The first-order valence-electron chi connectivity index (χ1n) is 8.17. The number of likely N-dealkylation sites (N-methyl/N-ethyl adjacent to an activating group) is 1. The first kappa shape index (κ1) is 21.0. The molecule has 0 saturated carbocycles. The second-order valence-corrected chi connectivity index (χ2v) is 7.93. The van der Waals surface area contributed by atoms with E-state index in [2.05, 4.69) is 5.32 Å². The zero-order valence-corrected chi connectivity index (χ0v) is 15.9. The van der Waals surface area contributed by atoms with Gasteiger partial charge in [0.1, 0.15) is 10.6 Å². The maximum absolute atomic E-state index is 12.2. The van der Waals surface area contributed by atoms with Crippen LogP contribution in [0.4, 0.5) is 11.4 Å². The van der Waals surface area contributed by atoms with Crippen LogP contribution in [0, 0.1) is 10.1 Å². The molecule has 1 aliphatic rings. The minimum Gasteiger partial charge on any atom is -0.376 e. The van der Waals surface area contributed by atoms with Crippen LogP contribution in [0.3, 0.4) is 0 Å². The minimum absolute atomic E-state index is 0.0517. The summed E-state index contributed by atoms with van der Waals surface area (Å²) in [6, 6.07) is 3.63. The summed E-state index contributed by atoms with van der Waals surface area (Å²) in [5, 5.41) is 19.2. The molecule has 0 unspecified atom stereocenters. The number of nitro benzene ring substituents is 1. The molecule has 1 aromatic rings. The van der Waals surface area contributed by atoms with E-state index in [0.29, 0.717) is 19.7 Å². The molecule has 1 aromatic carbocycles. The van der Waals surface area contributed by atoms with E-state index in [9.17, 15) is 23.3 Å². The van der Waals surface area contributed by atoms with Gasteiger partial charge in [-0.15, -0.1) is 0 Å². The standard InChI is InChI=1S/C15H23N5O6S/c1-18(2)10-14(21)19-6-7-26-11(9-19)8-17-15-12(20(22)23)4-3-5-13(15)27(16,24)25/h3-5,11,17H,6-10H2,1-2H3,(H2,16,24,25)/t11-/m1/s1. The monoisotopic (exact) mass is 401 g/mol. The van der Waals surface area contributed by atoms with E-state index in [1.165, 1.54) is 18.2 Å². The number of morpholine rings is 1. The van der Waals surface area contributed by atoms with Crippen LogP contribution >= 0.6 is 0 Å². The van der Waals surface area contributed by atoms with Crippen molar-refractivity contribution < 1.29 is 22.9 Å². The molecule has 27 heavy (non-hydrogen) atoms. The average molecular weight is 401 g/mol. The van der Waals surface area contributed by atoms with Gasteiger partial charge in [-0.3, -0.25) is 14.9 Å². The number of ether oxygens (including phenoxy) is 1. The van der Waals surface area contributed by atoms with Gasteiger partial charge in [0.25, 0.3) is 5.69 Å². The summed E-state index contributed by atoms with van der Waals surface area (Å²) in [5.41, 5.74) is -0.594. The Morgan fingerprint density at radius 3 is 2.78 bits per heavy atom. The van der Waals surface area contributed by atoms with Crippen molar-refractivity contribution in [1.29, 1.82) is 0 Å². The number of nitrogens with zero attached hydrogens (tertiary/aromatic N) is 3. The number of para-hydroxylation sites is 1. The number of amides is 1. The van der Waals surface area contributed by atoms with Crippen molar-refractivity contribution >= 4 is 27.3 Å². The third kappa shape index (κ3) is 5.60. The zero-order chi connectivity index (χ0) is 20.2. The second-order valence-electron chi connectivity index (χ2n) is 6.40. The number of carbonyl (C=O) groups excluding carboxylic acids is 1. The molecule has 1 saturated heterocycles. The van der Waals surface area contributed by atoms with Gasteiger partial charge in [-0.05, 0) is 20.2 Å². The van der Waals surface area contributed by atoms with Gasteiger partial charge in [-0.1, -0.05) is 6.07 Å². The highest BCUT2D eigenvalue weighted by molar-refractivity contribution is 7.89. The molecular weight excluding hydrogens is 378 g/mol. The second kappa shape index (κ2) is 8.61. The van der Waals surface area contributed by atoms with Crippen molar-refractivity contribution in [1.82, 2.24) is 9.80 Å². The Kier molecular flexibility index (Phi) is 6.70. The van der Waals surface area contributed by atoms with E-state index >= 15 is 0 Å². The van der Waals surface area contributed by atoms with E-state index in [1.807, 2.05) is 0 Å². The summed E-state index contributed by atoms with van der Waals surface area (Å²) in [4.78, 5) is 25.8. The number of nitrogens with two attached hydrogens (primary N) is 1. The van der Waals surface area contributed by atoms with E-state index in [0.717, 1.165) is 0 Å². The van der Waals surface area contributed by atoms with Crippen LogP contribution in [-0.4, -0.2) is 82.0 Å². The number of primary sulfonamides is 1. The molecule has 0 aromatic heterocycles. The lowest BCUT2D eigenvalue weighted by atomic mass is 10.2. The van der Waals surface area contributed by atoms with Gasteiger partial charge in [0.2, 0.25) is 15.9 Å². The van der Waals surface area contributed by atoms with Gasteiger partial charge in [0, 0.05) is 25.7 Å². The van der Waals surface area contributed by atoms with Crippen molar-refractivity contribution in [2.24, 2.45) is 5.14 Å². The van der Waals surface area contributed by atoms with Crippen molar-refractivity contribution in [3.63, 3.8) is 0 Å². The van der Waals surface area contributed by atoms with Crippen molar-refractivity contribution in [2.75, 3.05) is 52.2 Å². The lowest BCUT2D eigenvalue weighted by Crippen LogP contribution is -2.50. The van der Waals surface area contributed by atoms with E-state index in [1.54, 1.807) is 23.9 Å².